The van der Waals surface area contributed by atoms with Gasteiger partial charge in [-0.1, -0.05) is 6.07 Å². The van der Waals surface area contributed by atoms with E-state index < -0.39 is 27.6 Å². The number of likely N-dealkylation sites (tertiary alicyclic amines) is 1. The highest BCUT2D eigenvalue weighted by molar-refractivity contribution is 7.84. The topological polar surface area (TPSA) is 88.1 Å². The number of rotatable bonds is 5. The lowest BCUT2D eigenvalue weighted by atomic mass is 9.84. The molecule has 2 heterocycles. The van der Waals surface area contributed by atoms with Crippen LogP contribution in [0.1, 0.15) is 70.2 Å². The van der Waals surface area contributed by atoms with Crippen molar-refractivity contribution in [3.05, 3.63) is 28.8 Å². The molecule has 2 N–H and O–H groups in total. The highest BCUT2D eigenvalue weighted by Gasteiger charge is 2.41. The van der Waals surface area contributed by atoms with Crippen LogP contribution < -0.4 is 4.72 Å². The van der Waals surface area contributed by atoms with Gasteiger partial charge >= 0.3 is 0 Å². The van der Waals surface area contributed by atoms with Gasteiger partial charge in [-0.2, -0.15) is 0 Å². The molecule has 2 aliphatic rings. The highest BCUT2D eigenvalue weighted by atomic mass is 32.2. The number of aromatic hydroxyl groups is 1. The molecular weight excluding hydrogens is 428 g/mol. The Balaban J connectivity index is 1.76. The van der Waals surface area contributed by atoms with Crippen molar-refractivity contribution in [1.82, 2.24) is 9.62 Å². The first-order valence-electron chi connectivity index (χ1n) is 11.4. The van der Waals surface area contributed by atoms with Crippen LogP contribution >= 0.6 is 0 Å². The summed E-state index contributed by atoms with van der Waals surface area (Å²) in [6.45, 7) is 14.9. The van der Waals surface area contributed by atoms with Crippen molar-refractivity contribution >= 4 is 16.9 Å². The van der Waals surface area contributed by atoms with Crippen LogP contribution in [0.5, 0.6) is 5.75 Å². The summed E-state index contributed by atoms with van der Waals surface area (Å²) in [6.07, 6.45) is 0.926. The smallest absolute Gasteiger partial charge is 0.254 e. The van der Waals surface area contributed by atoms with Crippen LogP contribution in [0, 0.1) is 19.8 Å². The Morgan fingerprint density at radius 3 is 2.34 bits per heavy atom. The number of hydrogen-bond acceptors (Lipinski definition) is 5. The maximum atomic E-state index is 13.0. The number of hydrogen-bond donors (Lipinski definition) is 2. The Kier molecular flexibility index (Phi) is 7.39. The van der Waals surface area contributed by atoms with Gasteiger partial charge in [-0.3, -0.25) is 4.79 Å². The second kappa shape index (κ2) is 9.41. The van der Waals surface area contributed by atoms with Crippen molar-refractivity contribution in [3.63, 3.8) is 0 Å². The molecule has 7 nitrogen and oxygen atoms in total. The molecule has 0 bridgehead atoms. The fourth-order valence-electron chi connectivity index (χ4n) is 4.24. The predicted molar refractivity (Wildman–Crippen MR) is 126 cm³/mol. The van der Waals surface area contributed by atoms with E-state index in [1.165, 1.54) is 0 Å². The first kappa shape index (κ1) is 25.1. The third kappa shape index (κ3) is 5.71. The third-order valence-corrected chi connectivity index (χ3v) is 7.96. The second-order valence-electron chi connectivity index (χ2n) is 10.5. The van der Waals surface area contributed by atoms with Crippen LogP contribution in [-0.2, 0) is 25.3 Å². The Bertz CT molecular complexity index is 872. The van der Waals surface area contributed by atoms with E-state index in [-0.39, 0.29) is 30.2 Å². The Morgan fingerprint density at radius 2 is 1.81 bits per heavy atom. The number of piperidine rings is 1. The summed E-state index contributed by atoms with van der Waals surface area (Å²) in [5, 5.41) is 10.7. The summed E-state index contributed by atoms with van der Waals surface area (Å²) < 4.78 is 27.1. The minimum Gasteiger partial charge on any atom is -0.508 e. The molecule has 0 spiro atoms. The first-order valence-corrected chi connectivity index (χ1v) is 12.5. The summed E-state index contributed by atoms with van der Waals surface area (Å²) >= 11 is 0. The van der Waals surface area contributed by atoms with Crippen LogP contribution in [0.3, 0.4) is 0 Å². The minimum absolute atomic E-state index is 0.0363. The third-order valence-electron chi connectivity index (χ3n) is 6.37. The molecule has 32 heavy (non-hydrogen) atoms. The first-order chi connectivity index (χ1) is 14.8. The second-order valence-corrected chi connectivity index (χ2v) is 12.4. The highest BCUT2D eigenvalue weighted by Crippen LogP contribution is 2.38. The maximum absolute atomic E-state index is 13.0. The van der Waals surface area contributed by atoms with E-state index in [4.69, 9.17) is 9.47 Å². The quantitative estimate of drug-likeness (QED) is 0.694. The molecule has 3 rings (SSSR count). The Labute approximate surface area is 194 Å². The van der Waals surface area contributed by atoms with Crippen molar-refractivity contribution < 1.29 is 23.6 Å². The zero-order valence-electron chi connectivity index (χ0n) is 20.4. The van der Waals surface area contributed by atoms with Gasteiger partial charge < -0.3 is 19.5 Å². The van der Waals surface area contributed by atoms with E-state index in [1.807, 2.05) is 59.4 Å². The average Bonchev–Trinajstić information content (AvgIpc) is 3.07. The number of nitrogens with zero attached hydrogens (tertiary/aromatic N) is 1. The molecule has 0 radical (unpaired) electrons. The van der Waals surface area contributed by atoms with Gasteiger partial charge in [-0.15, -0.1) is 0 Å². The molecule has 0 aliphatic carbocycles. The summed E-state index contributed by atoms with van der Waals surface area (Å²) in [4.78, 5) is 14.7. The lowest BCUT2D eigenvalue weighted by Gasteiger charge is -2.38. The normalized spacial score (nSPS) is 23.8. The molecular formula is C24H38N2O5S. The average molecular weight is 467 g/mol. The van der Waals surface area contributed by atoms with Crippen LogP contribution in [0.4, 0.5) is 0 Å². The van der Waals surface area contributed by atoms with Gasteiger partial charge in [0.25, 0.3) is 5.91 Å². The summed E-state index contributed by atoms with van der Waals surface area (Å²) in [6, 6.07) is 3.50. The molecule has 1 amide bonds. The van der Waals surface area contributed by atoms with E-state index in [2.05, 4.69) is 4.72 Å². The number of nitrogens with one attached hydrogen (secondary N) is 1. The Hall–Kier alpha value is -1.48. The molecule has 2 fully saturated rings. The number of phenols is 1. The minimum atomic E-state index is -1.30. The number of phenolic OH excluding ortho intramolecular Hbond substituents is 1. The lowest BCUT2D eigenvalue weighted by Crippen LogP contribution is -2.47. The summed E-state index contributed by atoms with van der Waals surface area (Å²) in [5.74, 6) is -0.416. The van der Waals surface area contributed by atoms with Gasteiger partial charge in [0.1, 0.15) is 5.75 Å². The maximum Gasteiger partial charge on any atom is 0.254 e. The van der Waals surface area contributed by atoms with Gasteiger partial charge in [-0.05, 0) is 84.4 Å². The van der Waals surface area contributed by atoms with E-state index in [0.29, 0.717) is 13.1 Å². The summed E-state index contributed by atoms with van der Waals surface area (Å²) in [7, 11) is -1.30. The standard InChI is InChI=1S/C24H38N2O5S/c1-15-12-18(19(27)13-16(15)2)21(25-32(29)23(3,4)5)17-8-10-26(11-9-17)22(28)20-14-30-24(6,7)31-20/h12-13,17,20-21,25,27H,8-11,14H2,1-7H3/t20-,21-,32?/m1/s1. The zero-order chi connectivity index (χ0) is 23.8. The predicted octanol–water partition coefficient (Wildman–Crippen LogP) is 3.49. The van der Waals surface area contributed by atoms with Crippen molar-refractivity contribution in [2.24, 2.45) is 5.92 Å². The van der Waals surface area contributed by atoms with Gasteiger partial charge in [0.15, 0.2) is 11.9 Å². The van der Waals surface area contributed by atoms with Crippen LogP contribution in [-0.4, -0.2) is 56.5 Å². The monoisotopic (exact) mass is 466 g/mol. The number of carbonyl (C=O) groups excluding carboxylic acids is 1. The van der Waals surface area contributed by atoms with Crippen LogP contribution in [0.15, 0.2) is 12.1 Å². The van der Waals surface area contributed by atoms with Gasteiger partial charge in [0, 0.05) is 18.7 Å². The number of amides is 1. The molecule has 0 aromatic heterocycles. The molecule has 0 saturated carbocycles. The SMILES string of the molecule is Cc1cc(O)c([C@H](NS(=O)C(C)(C)C)C2CCN(C(=O)[C@H]3COC(C)(C)O3)CC2)cc1C. The van der Waals surface area contributed by atoms with Gasteiger partial charge in [0.05, 0.1) is 28.4 Å². The number of benzene rings is 1. The van der Waals surface area contributed by atoms with E-state index in [9.17, 15) is 14.1 Å². The van der Waals surface area contributed by atoms with Crippen molar-refractivity contribution in [1.29, 1.82) is 0 Å². The molecule has 180 valence electrons. The largest absolute Gasteiger partial charge is 0.508 e. The number of aryl methyl sites for hydroxylation is 2. The molecule has 1 aromatic rings. The van der Waals surface area contributed by atoms with Crippen molar-refractivity contribution in [3.8, 4) is 5.75 Å². The van der Waals surface area contributed by atoms with Gasteiger partial charge in [-0.25, -0.2) is 8.93 Å². The Morgan fingerprint density at radius 1 is 1.22 bits per heavy atom. The molecule has 8 heteroatoms. The molecule has 2 aliphatic heterocycles. The van der Waals surface area contributed by atoms with Crippen molar-refractivity contribution in [2.75, 3.05) is 19.7 Å². The van der Waals surface area contributed by atoms with Crippen LogP contribution in [0.25, 0.3) is 0 Å². The van der Waals surface area contributed by atoms with Crippen LogP contribution in [0.2, 0.25) is 0 Å². The van der Waals surface area contributed by atoms with Crippen molar-refractivity contribution in [2.45, 2.75) is 84.0 Å². The fourth-order valence-corrected chi connectivity index (χ4v) is 5.15. The molecule has 2 saturated heterocycles. The fraction of sp³-hybridized carbons (Fsp3) is 0.708. The van der Waals surface area contributed by atoms with E-state index in [1.54, 1.807) is 6.07 Å². The summed E-state index contributed by atoms with van der Waals surface area (Å²) in [5.41, 5.74) is 2.87. The molecule has 1 unspecified atom stereocenters. The molecule has 3 atom stereocenters. The number of carbonyl (C=O) groups is 1. The van der Waals surface area contributed by atoms with E-state index >= 15 is 0 Å². The lowest BCUT2D eigenvalue weighted by molar-refractivity contribution is -0.161. The number of ether oxygens (including phenoxy) is 2. The van der Waals surface area contributed by atoms with E-state index in [0.717, 1.165) is 29.5 Å². The zero-order valence-corrected chi connectivity index (χ0v) is 21.2. The molecule has 1 aromatic carbocycles. The van der Waals surface area contributed by atoms with Gasteiger partial charge in [0.2, 0.25) is 0 Å².